The Morgan fingerprint density at radius 3 is 2.70 bits per heavy atom. The molecule has 20 heavy (non-hydrogen) atoms. The molecule has 102 valence electrons. The van der Waals surface area contributed by atoms with Crippen LogP contribution in [0.5, 0.6) is 0 Å². The van der Waals surface area contributed by atoms with Gasteiger partial charge in [0.1, 0.15) is 5.82 Å². The summed E-state index contributed by atoms with van der Waals surface area (Å²) < 4.78 is 0. The topological polar surface area (TPSA) is 53.6 Å². The van der Waals surface area contributed by atoms with Crippen LogP contribution in [-0.4, -0.2) is 21.5 Å². The van der Waals surface area contributed by atoms with Gasteiger partial charge in [0.25, 0.3) is 0 Å². The smallest absolute Gasteiger partial charge is 0.177 e. The molecule has 0 saturated heterocycles. The lowest BCUT2D eigenvalue weighted by Crippen LogP contribution is -2.05. The zero-order valence-corrected chi connectivity index (χ0v) is 11.8. The minimum absolute atomic E-state index is 0.793. The summed E-state index contributed by atoms with van der Waals surface area (Å²) in [6, 6.07) is 10.5. The Balaban J connectivity index is 1.63. The van der Waals surface area contributed by atoms with E-state index < -0.39 is 0 Å². The van der Waals surface area contributed by atoms with E-state index in [1.54, 1.807) is 0 Å². The van der Waals surface area contributed by atoms with Crippen LogP contribution in [0.1, 0.15) is 17.0 Å². The fourth-order valence-electron chi connectivity index (χ4n) is 2.17. The number of hydrogen-bond donors (Lipinski definition) is 2. The molecule has 0 bridgehead atoms. The summed E-state index contributed by atoms with van der Waals surface area (Å²) in [5.41, 5.74) is 5.36. The zero-order chi connectivity index (χ0) is 13.9. The number of nitrogens with one attached hydrogen (secondary N) is 2. The Labute approximate surface area is 118 Å². The Morgan fingerprint density at radius 1 is 1.10 bits per heavy atom. The number of rotatable bonds is 4. The van der Waals surface area contributed by atoms with Crippen molar-refractivity contribution in [1.29, 1.82) is 0 Å². The zero-order valence-electron chi connectivity index (χ0n) is 11.8. The van der Waals surface area contributed by atoms with Crippen LogP contribution in [0.4, 0.5) is 5.69 Å². The van der Waals surface area contributed by atoms with Crippen molar-refractivity contribution in [3.05, 3.63) is 53.5 Å². The van der Waals surface area contributed by atoms with E-state index in [2.05, 4.69) is 57.5 Å². The summed E-state index contributed by atoms with van der Waals surface area (Å²) in [4.78, 5) is 12.1. The quantitative estimate of drug-likeness (QED) is 0.762. The van der Waals surface area contributed by atoms with Crippen LogP contribution < -0.4 is 5.32 Å². The molecule has 0 aliphatic heterocycles. The maximum Gasteiger partial charge on any atom is 0.177 e. The van der Waals surface area contributed by atoms with Crippen molar-refractivity contribution >= 4 is 16.9 Å². The molecule has 3 rings (SSSR count). The lowest BCUT2D eigenvalue weighted by molar-refractivity contribution is 0.933. The molecule has 4 nitrogen and oxygen atoms in total. The second-order valence-electron chi connectivity index (χ2n) is 5.11. The number of pyridine rings is 1. The van der Waals surface area contributed by atoms with Crippen molar-refractivity contribution in [1.82, 2.24) is 15.0 Å². The lowest BCUT2D eigenvalue weighted by Gasteiger charge is -2.05. The summed E-state index contributed by atoms with van der Waals surface area (Å²) >= 11 is 0. The van der Waals surface area contributed by atoms with Gasteiger partial charge < -0.3 is 10.3 Å². The van der Waals surface area contributed by atoms with E-state index >= 15 is 0 Å². The van der Waals surface area contributed by atoms with Gasteiger partial charge in [0.15, 0.2) is 5.65 Å². The van der Waals surface area contributed by atoms with Crippen LogP contribution in [0.3, 0.4) is 0 Å². The highest BCUT2D eigenvalue weighted by atomic mass is 15.0. The van der Waals surface area contributed by atoms with E-state index in [1.165, 1.54) is 5.56 Å². The molecule has 0 aliphatic carbocycles. The average Bonchev–Trinajstić information content (AvgIpc) is 2.83. The van der Waals surface area contributed by atoms with E-state index in [4.69, 9.17) is 0 Å². The fourth-order valence-corrected chi connectivity index (χ4v) is 2.17. The third-order valence-electron chi connectivity index (χ3n) is 3.27. The number of benzene rings is 1. The van der Waals surface area contributed by atoms with E-state index in [-0.39, 0.29) is 0 Å². The Bertz CT molecular complexity index is 713. The second-order valence-corrected chi connectivity index (χ2v) is 5.11. The molecule has 0 spiro atoms. The Kier molecular flexibility index (Phi) is 3.37. The average molecular weight is 266 g/mol. The van der Waals surface area contributed by atoms with Gasteiger partial charge in [-0.25, -0.2) is 9.97 Å². The molecular formula is C16H18N4. The minimum atomic E-state index is 0.793. The first kappa shape index (κ1) is 12.7. The van der Waals surface area contributed by atoms with E-state index in [0.717, 1.165) is 41.2 Å². The standard InChI is InChI=1S/C16H18N4/c1-11-3-5-13(6-4-11)17-8-7-15-19-14-9-12(2)10-18-16(14)20-15/h3-6,9-10,17H,7-8H2,1-2H3,(H,18,19,20). The van der Waals surface area contributed by atoms with Crippen LogP contribution in [0.25, 0.3) is 11.2 Å². The summed E-state index contributed by atoms with van der Waals surface area (Å²) in [6.45, 7) is 4.97. The highest BCUT2D eigenvalue weighted by Crippen LogP contribution is 2.11. The van der Waals surface area contributed by atoms with Crippen molar-refractivity contribution in [2.24, 2.45) is 0 Å². The van der Waals surface area contributed by atoms with Gasteiger partial charge in [0, 0.05) is 24.8 Å². The number of aromatic nitrogens is 3. The van der Waals surface area contributed by atoms with Gasteiger partial charge in [-0.05, 0) is 37.6 Å². The highest BCUT2D eigenvalue weighted by Gasteiger charge is 2.03. The molecular weight excluding hydrogens is 248 g/mol. The van der Waals surface area contributed by atoms with Gasteiger partial charge >= 0.3 is 0 Å². The van der Waals surface area contributed by atoms with Crippen LogP contribution >= 0.6 is 0 Å². The number of aromatic amines is 1. The molecule has 0 fully saturated rings. The molecule has 4 heteroatoms. The number of imidazole rings is 1. The number of aryl methyl sites for hydroxylation is 2. The molecule has 0 saturated carbocycles. The third-order valence-corrected chi connectivity index (χ3v) is 3.27. The summed E-state index contributed by atoms with van der Waals surface area (Å²) in [5.74, 6) is 0.970. The van der Waals surface area contributed by atoms with E-state index in [9.17, 15) is 0 Å². The van der Waals surface area contributed by atoms with Crippen LogP contribution in [0, 0.1) is 13.8 Å². The lowest BCUT2D eigenvalue weighted by atomic mass is 10.2. The normalized spacial score (nSPS) is 10.9. The predicted molar refractivity (Wildman–Crippen MR) is 82.0 cm³/mol. The Hall–Kier alpha value is -2.36. The third kappa shape index (κ3) is 2.79. The van der Waals surface area contributed by atoms with Crippen molar-refractivity contribution in [2.45, 2.75) is 20.3 Å². The summed E-state index contributed by atoms with van der Waals surface area (Å²) in [5, 5.41) is 3.40. The minimum Gasteiger partial charge on any atom is -0.385 e. The SMILES string of the molecule is Cc1ccc(NCCc2nc3ncc(C)cc3[nH]2)cc1. The molecule has 2 aromatic heterocycles. The van der Waals surface area contributed by atoms with Crippen molar-refractivity contribution in [3.63, 3.8) is 0 Å². The molecule has 0 atom stereocenters. The van der Waals surface area contributed by atoms with Crippen molar-refractivity contribution in [3.8, 4) is 0 Å². The summed E-state index contributed by atoms with van der Waals surface area (Å²) in [6.07, 6.45) is 2.70. The van der Waals surface area contributed by atoms with E-state index in [1.807, 2.05) is 13.1 Å². The van der Waals surface area contributed by atoms with Gasteiger partial charge in [0.05, 0.1) is 5.52 Å². The highest BCUT2D eigenvalue weighted by molar-refractivity contribution is 5.70. The molecule has 3 aromatic rings. The summed E-state index contributed by atoms with van der Waals surface area (Å²) in [7, 11) is 0. The molecule has 0 unspecified atom stereocenters. The molecule has 2 N–H and O–H groups in total. The van der Waals surface area contributed by atoms with Gasteiger partial charge in [-0.3, -0.25) is 0 Å². The van der Waals surface area contributed by atoms with Crippen molar-refractivity contribution in [2.75, 3.05) is 11.9 Å². The maximum atomic E-state index is 4.49. The molecule has 1 aromatic carbocycles. The second kappa shape index (κ2) is 5.33. The number of anilines is 1. The number of fused-ring (bicyclic) bond motifs is 1. The van der Waals surface area contributed by atoms with Gasteiger partial charge in [0.2, 0.25) is 0 Å². The number of hydrogen-bond acceptors (Lipinski definition) is 3. The monoisotopic (exact) mass is 266 g/mol. The first-order chi connectivity index (χ1) is 9.70. The van der Waals surface area contributed by atoms with Gasteiger partial charge in [-0.2, -0.15) is 0 Å². The first-order valence-electron chi connectivity index (χ1n) is 6.82. The molecule has 2 heterocycles. The largest absolute Gasteiger partial charge is 0.385 e. The molecule has 0 radical (unpaired) electrons. The maximum absolute atomic E-state index is 4.49. The van der Waals surface area contributed by atoms with Crippen molar-refractivity contribution < 1.29 is 0 Å². The van der Waals surface area contributed by atoms with Crippen LogP contribution in [-0.2, 0) is 6.42 Å². The fraction of sp³-hybridized carbons (Fsp3) is 0.250. The Morgan fingerprint density at radius 2 is 1.90 bits per heavy atom. The number of H-pyrrole nitrogens is 1. The van der Waals surface area contributed by atoms with E-state index in [0.29, 0.717) is 0 Å². The number of nitrogens with zero attached hydrogens (tertiary/aromatic N) is 2. The van der Waals surface area contributed by atoms with Gasteiger partial charge in [-0.1, -0.05) is 17.7 Å². The van der Waals surface area contributed by atoms with Crippen LogP contribution in [0.15, 0.2) is 36.5 Å². The predicted octanol–water partition coefficient (Wildman–Crippen LogP) is 3.23. The molecule has 0 amide bonds. The molecule has 0 aliphatic rings. The van der Waals surface area contributed by atoms with Crippen LogP contribution in [0.2, 0.25) is 0 Å². The first-order valence-corrected chi connectivity index (χ1v) is 6.82. The van der Waals surface area contributed by atoms with Gasteiger partial charge in [-0.15, -0.1) is 0 Å².